The zero-order chi connectivity index (χ0) is 9.97. The van der Waals surface area contributed by atoms with Crippen LogP contribution in [0.25, 0.3) is 10.4 Å². The largest absolute Gasteiger partial charge is 0.398 e. The van der Waals surface area contributed by atoms with E-state index in [1.165, 1.54) is 0 Å². The lowest BCUT2D eigenvalue weighted by Gasteiger charge is -2.00. The Morgan fingerprint density at radius 2 is 1.93 bits per heavy atom. The average molecular weight is 205 g/mol. The highest BCUT2D eigenvalue weighted by molar-refractivity contribution is 7.15. The highest BCUT2D eigenvalue weighted by Gasteiger charge is 2.04. The standard InChI is InChI=1S/C11H11NOS/c12-10-4-2-1-3-9(10)11-6-5-8(7-13)14-11/h1-6,13H,7,12H2. The number of aliphatic hydroxyl groups is 1. The maximum atomic E-state index is 8.95. The molecule has 14 heavy (non-hydrogen) atoms. The Hall–Kier alpha value is -1.32. The Kier molecular flexibility index (Phi) is 2.52. The first-order valence-corrected chi connectivity index (χ1v) is 5.17. The molecule has 0 unspecified atom stereocenters. The molecule has 72 valence electrons. The maximum absolute atomic E-state index is 8.95. The summed E-state index contributed by atoms with van der Waals surface area (Å²) in [7, 11) is 0. The molecule has 0 saturated heterocycles. The van der Waals surface area contributed by atoms with Crippen LogP contribution in [-0.4, -0.2) is 5.11 Å². The van der Waals surface area contributed by atoms with Gasteiger partial charge >= 0.3 is 0 Å². The van der Waals surface area contributed by atoms with Crippen LogP contribution in [0.4, 0.5) is 5.69 Å². The van der Waals surface area contributed by atoms with Crippen LogP contribution in [-0.2, 0) is 6.61 Å². The molecule has 0 radical (unpaired) electrons. The second-order valence-electron chi connectivity index (χ2n) is 3.01. The minimum absolute atomic E-state index is 0.0946. The van der Waals surface area contributed by atoms with Crippen molar-refractivity contribution >= 4 is 17.0 Å². The second kappa shape index (κ2) is 3.82. The molecule has 0 saturated carbocycles. The fourth-order valence-electron chi connectivity index (χ4n) is 1.33. The molecule has 1 heterocycles. The Labute approximate surface area is 86.6 Å². The van der Waals surface area contributed by atoms with E-state index in [1.807, 2.05) is 36.4 Å². The lowest BCUT2D eigenvalue weighted by atomic mass is 10.1. The third-order valence-electron chi connectivity index (χ3n) is 2.04. The third kappa shape index (κ3) is 1.64. The average Bonchev–Trinajstić information content (AvgIpc) is 2.67. The van der Waals surface area contributed by atoms with Gasteiger partial charge in [0.1, 0.15) is 0 Å². The Morgan fingerprint density at radius 1 is 1.14 bits per heavy atom. The molecule has 3 heteroatoms. The molecule has 2 rings (SSSR count). The van der Waals surface area contributed by atoms with Crippen molar-refractivity contribution in [1.29, 1.82) is 0 Å². The summed E-state index contributed by atoms with van der Waals surface area (Å²) in [6.45, 7) is 0.0946. The molecule has 0 spiro atoms. The second-order valence-corrected chi connectivity index (χ2v) is 4.18. The molecule has 3 N–H and O–H groups in total. The minimum Gasteiger partial charge on any atom is -0.398 e. The SMILES string of the molecule is Nc1ccccc1-c1ccc(CO)s1. The number of rotatable bonds is 2. The van der Waals surface area contributed by atoms with Gasteiger partial charge in [0.2, 0.25) is 0 Å². The summed E-state index contributed by atoms with van der Waals surface area (Å²) in [5, 5.41) is 8.95. The van der Waals surface area contributed by atoms with Gasteiger partial charge in [0.15, 0.2) is 0 Å². The van der Waals surface area contributed by atoms with E-state index >= 15 is 0 Å². The lowest BCUT2D eigenvalue weighted by molar-refractivity contribution is 0.285. The van der Waals surface area contributed by atoms with Crippen LogP contribution in [0.15, 0.2) is 36.4 Å². The van der Waals surface area contributed by atoms with Gasteiger partial charge in [-0.1, -0.05) is 18.2 Å². The van der Waals surface area contributed by atoms with Crippen LogP contribution in [0.3, 0.4) is 0 Å². The molecule has 1 aromatic carbocycles. The number of para-hydroxylation sites is 1. The molecule has 2 aromatic rings. The zero-order valence-corrected chi connectivity index (χ0v) is 8.42. The molecule has 0 fully saturated rings. The van der Waals surface area contributed by atoms with Gasteiger partial charge in [-0.2, -0.15) is 0 Å². The van der Waals surface area contributed by atoms with Gasteiger partial charge in [-0.05, 0) is 18.2 Å². The van der Waals surface area contributed by atoms with Gasteiger partial charge in [-0.25, -0.2) is 0 Å². The summed E-state index contributed by atoms with van der Waals surface area (Å²) in [5.74, 6) is 0. The number of hydrogen-bond donors (Lipinski definition) is 2. The van der Waals surface area contributed by atoms with Gasteiger partial charge in [-0.3, -0.25) is 0 Å². The van der Waals surface area contributed by atoms with Crippen molar-refractivity contribution in [1.82, 2.24) is 0 Å². The van der Waals surface area contributed by atoms with Crippen molar-refractivity contribution < 1.29 is 5.11 Å². The fraction of sp³-hybridized carbons (Fsp3) is 0.0909. The fourth-order valence-corrected chi connectivity index (χ4v) is 2.24. The minimum atomic E-state index is 0.0946. The van der Waals surface area contributed by atoms with Crippen LogP contribution in [0.1, 0.15) is 4.88 Å². The summed E-state index contributed by atoms with van der Waals surface area (Å²) < 4.78 is 0. The molecular formula is C11H11NOS. The van der Waals surface area contributed by atoms with Gasteiger partial charge < -0.3 is 10.8 Å². The van der Waals surface area contributed by atoms with E-state index < -0.39 is 0 Å². The molecule has 0 aliphatic rings. The van der Waals surface area contributed by atoms with Gasteiger partial charge in [0.05, 0.1) is 6.61 Å². The molecule has 2 nitrogen and oxygen atoms in total. The van der Waals surface area contributed by atoms with Crippen molar-refractivity contribution in [3.8, 4) is 10.4 Å². The summed E-state index contributed by atoms with van der Waals surface area (Å²) in [6, 6.07) is 11.7. The number of hydrogen-bond acceptors (Lipinski definition) is 3. The summed E-state index contributed by atoms with van der Waals surface area (Å²) in [4.78, 5) is 2.07. The van der Waals surface area contributed by atoms with Gasteiger partial charge in [-0.15, -0.1) is 11.3 Å². The number of anilines is 1. The Bertz CT molecular complexity index is 436. The van der Waals surface area contributed by atoms with Crippen LogP contribution in [0, 0.1) is 0 Å². The normalized spacial score (nSPS) is 10.4. The summed E-state index contributed by atoms with van der Waals surface area (Å²) in [5.41, 5.74) is 7.66. The van der Waals surface area contributed by atoms with Crippen molar-refractivity contribution in [2.24, 2.45) is 0 Å². The van der Waals surface area contributed by atoms with Gasteiger partial charge in [0.25, 0.3) is 0 Å². The van der Waals surface area contributed by atoms with E-state index in [0.717, 1.165) is 21.0 Å². The maximum Gasteiger partial charge on any atom is 0.0774 e. The predicted molar refractivity (Wildman–Crippen MR) is 60.1 cm³/mol. The number of thiophene rings is 1. The first-order chi connectivity index (χ1) is 6.81. The molecule has 0 aliphatic heterocycles. The smallest absolute Gasteiger partial charge is 0.0774 e. The molecule has 0 aliphatic carbocycles. The van der Waals surface area contributed by atoms with Crippen molar-refractivity contribution in [2.45, 2.75) is 6.61 Å². The monoisotopic (exact) mass is 205 g/mol. The van der Waals surface area contributed by atoms with Crippen LogP contribution in [0.2, 0.25) is 0 Å². The summed E-state index contributed by atoms with van der Waals surface area (Å²) in [6.07, 6.45) is 0. The van der Waals surface area contributed by atoms with Crippen LogP contribution < -0.4 is 5.73 Å². The first-order valence-electron chi connectivity index (χ1n) is 4.35. The first kappa shape index (κ1) is 9.24. The van der Waals surface area contributed by atoms with Crippen molar-refractivity contribution in [2.75, 3.05) is 5.73 Å². The van der Waals surface area contributed by atoms with E-state index in [-0.39, 0.29) is 6.61 Å². The predicted octanol–water partition coefficient (Wildman–Crippen LogP) is 2.49. The number of nitrogens with two attached hydrogens (primary N) is 1. The van der Waals surface area contributed by atoms with Crippen molar-refractivity contribution in [3.63, 3.8) is 0 Å². The molecule has 0 bridgehead atoms. The van der Waals surface area contributed by atoms with E-state index in [9.17, 15) is 0 Å². The lowest BCUT2D eigenvalue weighted by Crippen LogP contribution is -1.86. The zero-order valence-electron chi connectivity index (χ0n) is 7.60. The number of aliphatic hydroxyl groups excluding tert-OH is 1. The summed E-state index contributed by atoms with van der Waals surface area (Å²) >= 11 is 1.57. The van der Waals surface area contributed by atoms with E-state index in [1.54, 1.807) is 11.3 Å². The molecular weight excluding hydrogens is 194 g/mol. The van der Waals surface area contributed by atoms with E-state index in [2.05, 4.69) is 0 Å². The van der Waals surface area contributed by atoms with Gasteiger partial charge in [0, 0.05) is 21.0 Å². The highest BCUT2D eigenvalue weighted by atomic mass is 32.1. The topological polar surface area (TPSA) is 46.2 Å². The van der Waals surface area contributed by atoms with Crippen LogP contribution >= 0.6 is 11.3 Å². The number of benzene rings is 1. The highest BCUT2D eigenvalue weighted by Crippen LogP contribution is 2.31. The third-order valence-corrected chi connectivity index (χ3v) is 3.15. The molecule has 0 atom stereocenters. The van der Waals surface area contributed by atoms with E-state index in [0.29, 0.717) is 0 Å². The van der Waals surface area contributed by atoms with E-state index in [4.69, 9.17) is 10.8 Å². The molecule has 0 amide bonds. The number of nitrogen functional groups attached to an aromatic ring is 1. The van der Waals surface area contributed by atoms with Crippen molar-refractivity contribution in [3.05, 3.63) is 41.3 Å². The quantitative estimate of drug-likeness (QED) is 0.740. The Balaban J connectivity index is 2.44. The molecule has 1 aromatic heterocycles. The Morgan fingerprint density at radius 3 is 2.57 bits per heavy atom. The van der Waals surface area contributed by atoms with Crippen LogP contribution in [0.5, 0.6) is 0 Å².